The van der Waals surface area contributed by atoms with Crippen molar-refractivity contribution < 1.29 is 9.53 Å². The first-order valence-electron chi connectivity index (χ1n) is 4.45. The van der Waals surface area contributed by atoms with E-state index in [1.807, 2.05) is 32.1 Å². The molecule has 0 amide bonds. The number of rotatable bonds is 2. The van der Waals surface area contributed by atoms with E-state index in [4.69, 9.17) is 4.74 Å². The summed E-state index contributed by atoms with van der Waals surface area (Å²) in [6.07, 6.45) is 4.78. The van der Waals surface area contributed by atoms with Crippen LogP contribution < -0.4 is 4.74 Å². The van der Waals surface area contributed by atoms with Crippen molar-refractivity contribution in [2.45, 2.75) is 13.8 Å². The highest BCUT2D eigenvalue weighted by Crippen LogP contribution is 2.13. The first-order valence-corrected chi connectivity index (χ1v) is 4.45. The fourth-order valence-electron chi connectivity index (χ4n) is 0.764. The molecule has 0 fully saturated rings. The van der Waals surface area contributed by atoms with Crippen LogP contribution in [0, 0.1) is 0 Å². The lowest BCUT2D eigenvalue weighted by atomic mass is 10.2. The van der Waals surface area contributed by atoms with Crippen LogP contribution in [0.1, 0.15) is 24.2 Å². The normalized spacial score (nSPS) is 9.07. The Kier molecular flexibility index (Phi) is 7.15. The number of hydrogen-bond acceptors (Lipinski definition) is 2. The average molecular weight is 192 g/mol. The largest absolute Gasteiger partial charge is 0.496 e. The van der Waals surface area contributed by atoms with E-state index in [9.17, 15) is 4.79 Å². The van der Waals surface area contributed by atoms with E-state index in [1.165, 1.54) is 0 Å². The molecule has 0 atom stereocenters. The second-order valence-electron chi connectivity index (χ2n) is 2.53. The number of ether oxygens (including phenoxy) is 1. The average Bonchev–Trinajstić information content (AvgIpc) is 2.29. The SMILES string of the molecule is C/C=C\C.COc1ccccc1C=O. The topological polar surface area (TPSA) is 26.3 Å². The summed E-state index contributed by atoms with van der Waals surface area (Å²) in [5.41, 5.74) is 0.588. The van der Waals surface area contributed by atoms with Crippen LogP contribution in [0.25, 0.3) is 0 Å². The molecule has 0 aliphatic heterocycles. The molecule has 0 N–H and O–H groups in total. The summed E-state index contributed by atoms with van der Waals surface area (Å²) in [6, 6.07) is 7.09. The lowest BCUT2D eigenvalue weighted by molar-refractivity contribution is 0.112. The monoisotopic (exact) mass is 192 g/mol. The first-order chi connectivity index (χ1) is 6.79. The predicted octanol–water partition coefficient (Wildman–Crippen LogP) is 3.09. The Bertz CT molecular complexity index is 286. The Morgan fingerprint density at radius 2 is 1.71 bits per heavy atom. The van der Waals surface area contributed by atoms with Gasteiger partial charge in [0.25, 0.3) is 0 Å². The number of benzene rings is 1. The van der Waals surface area contributed by atoms with Crippen LogP contribution in [0.4, 0.5) is 0 Å². The molecule has 0 bridgehead atoms. The molecule has 0 aliphatic carbocycles. The molecule has 1 rings (SSSR count). The molecule has 1 aromatic carbocycles. The Morgan fingerprint density at radius 3 is 2.07 bits per heavy atom. The zero-order chi connectivity index (χ0) is 10.8. The minimum absolute atomic E-state index is 0.588. The Balaban J connectivity index is 0.000000364. The zero-order valence-corrected chi connectivity index (χ0v) is 8.86. The number of methoxy groups -OCH3 is 1. The summed E-state index contributed by atoms with van der Waals surface area (Å²) in [5.74, 6) is 0.623. The summed E-state index contributed by atoms with van der Waals surface area (Å²) in [6.45, 7) is 4.00. The lowest BCUT2D eigenvalue weighted by Crippen LogP contribution is -1.88. The maximum Gasteiger partial charge on any atom is 0.153 e. The molecule has 2 nitrogen and oxygen atoms in total. The summed E-state index contributed by atoms with van der Waals surface area (Å²) in [7, 11) is 1.54. The van der Waals surface area contributed by atoms with Gasteiger partial charge in [0.1, 0.15) is 5.75 Å². The van der Waals surface area contributed by atoms with Crippen LogP contribution in [0.5, 0.6) is 5.75 Å². The minimum Gasteiger partial charge on any atom is -0.496 e. The molecule has 0 aromatic heterocycles. The van der Waals surface area contributed by atoms with Crippen LogP contribution in [-0.2, 0) is 0 Å². The number of carbonyl (C=O) groups excluding carboxylic acids is 1. The predicted molar refractivity (Wildman–Crippen MR) is 58.9 cm³/mol. The Labute approximate surface area is 85.2 Å². The summed E-state index contributed by atoms with van der Waals surface area (Å²) < 4.78 is 4.90. The molecule has 0 spiro atoms. The van der Waals surface area contributed by atoms with Gasteiger partial charge in [0.05, 0.1) is 12.7 Å². The molecule has 1 aromatic rings. The Morgan fingerprint density at radius 1 is 1.14 bits per heavy atom. The third-order valence-corrected chi connectivity index (χ3v) is 1.60. The van der Waals surface area contributed by atoms with E-state index in [0.717, 1.165) is 6.29 Å². The Hall–Kier alpha value is -1.57. The number of aldehydes is 1. The molecular formula is C12H16O2. The van der Waals surface area contributed by atoms with Crippen molar-refractivity contribution in [2.75, 3.05) is 7.11 Å². The van der Waals surface area contributed by atoms with E-state index in [1.54, 1.807) is 25.3 Å². The van der Waals surface area contributed by atoms with Gasteiger partial charge in [-0.15, -0.1) is 0 Å². The van der Waals surface area contributed by atoms with Crippen molar-refractivity contribution in [3.05, 3.63) is 42.0 Å². The number of para-hydroxylation sites is 1. The molecule has 0 heterocycles. The number of hydrogen-bond donors (Lipinski definition) is 0. The van der Waals surface area contributed by atoms with Crippen LogP contribution in [0.3, 0.4) is 0 Å². The molecule has 14 heavy (non-hydrogen) atoms. The van der Waals surface area contributed by atoms with Gasteiger partial charge in [0, 0.05) is 0 Å². The van der Waals surface area contributed by atoms with Crippen LogP contribution in [0.15, 0.2) is 36.4 Å². The minimum atomic E-state index is 0.588. The molecule has 0 radical (unpaired) electrons. The zero-order valence-electron chi connectivity index (χ0n) is 8.86. The summed E-state index contributed by atoms with van der Waals surface area (Å²) in [5, 5.41) is 0. The highest BCUT2D eigenvalue weighted by Gasteiger charge is 1.96. The standard InChI is InChI=1S/C8H8O2.C4H8/c1-10-8-5-3-2-4-7(8)6-9;1-3-4-2/h2-6H,1H3;3-4H,1-2H3/b;4-3-. The maximum atomic E-state index is 10.3. The molecular weight excluding hydrogens is 176 g/mol. The van der Waals surface area contributed by atoms with E-state index in [-0.39, 0.29) is 0 Å². The number of allylic oxidation sites excluding steroid dienone is 2. The van der Waals surface area contributed by atoms with Gasteiger partial charge in [0.15, 0.2) is 6.29 Å². The van der Waals surface area contributed by atoms with Crippen LogP contribution in [0.2, 0.25) is 0 Å². The fourth-order valence-corrected chi connectivity index (χ4v) is 0.764. The lowest BCUT2D eigenvalue weighted by Gasteiger charge is -1.99. The third kappa shape index (κ3) is 4.45. The van der Waals surface area contributed by atoms with Crippen LogP contribution in [-0.4, -0.2) is 13.4 Å². The summed E-state index contributed by atoms with van der Waals surface area (Å²) in [4.78, 5) is 10.3. The van der Waals surface area contributed by atoms with Crippen molar-refractivity contribution in [1.29, 1.82) is 0 Å². The van der Waals surface area contributed by atoms with E-state index < -0.39 is 0 Å². The first kappa shape index (κ1) is 12.4. The maximum absolute atomic E-state index is 10.3. The smallest absolute Gasteiger partial charge is 0.153 e. The van der Waals surface area contributed by atoms with Gasteiger partial charge in [-0.2, -0.15) is 0 Å². The third-order valence-electron chi connectivity index (χ3n) is 1.60. The molecule has 0 saturated heterocycles. The van der Waals surface area contributed by atoms with E-state index in [2.05, 4.69) is 0 Å². The molecule has 0 saturated carbocycles. The van der Waals surface area contributed by atoms with Crippen molar-refractivity contribution >= 4 is 6.29 Å². The van der Waals surface area contributed by atoms with Crippen molar-refractivity contribution in [1.82, 2.24) is 0 Å². The van der Waals surface area contributed by atoms with Crippen molar-refractivity contribution in [3.63, 3.8) is 0 Å². The highest BCUT2D eigenvalue weighted by molar-refractivity contribution is 5.79. The van der Waals surface area contributed by atoms with Crippen molar-refractivity contribution in [2.24, 2.45) is 0 Å². The van der Waals surface area contributed by atoms with Gasteiger partial charge in [-0.05, 0) is 26.0 Å². The van der Waals surface area contributed by atoms with Gasteiger partial charge in [0.2, 0.25) is 0 Å². The quantitative estimate of drug-likeness (QED) is 0.531. The molecule has 76 valence electrons. The highest BCUT2D eigenvalue weighted by atomic mass is 16.5. The molecule has 2 heteroatoms. The second-order valence-corrected chi connectivity index (χ2v) is 2.53. The van der Waals surface area contributed by atoms with Gasteiger partial charge in [-0.3, -0.25) is 4.79 Å². The van der Waals surface area contributed by atoms with Crippen LogP contribution >= 0.6 is 0 Å². The van der Waals surface area contributed by atoms with Gasteiger partial charge >= 0.3 is 0 Å². The molecule has 0 aliphatic rings. The molecule has 0 unspecified atom stereocenters. The summed E-state index contributed by atoms with van der Waals surface area (Å²) >= 11 is 0. The van der Waals surface area contributed by atoms with Crippen molar-refractivity contribution in [3.8, 4) is 5.75 Å². The van der Waals surface area contributed by atoms with E-state index >= 15 is 0 Å². The van der Waals surface area contributed by atoms with Gasteiger partial charge < -0.3 is 4.74 Å². The fraction of sp³-hybridized carbons (Fsp3) is 0.250. The van der Waals surface area contributed by atoms with E-state index in [0.29, 0.717) is 11.3 Å². The van der Waals surface area contributed by atoms with Gasteiger partial charge in [-0.1, -0.05) is 24.3 Å². The van der Waals surface area contributed by atoms with Gasteiger partial charge in [-0.25, -0.2) is 0 Å². The number of carbonyl (C=O) groups is 1. The second kappa shape index (κ2) is 8.05.